The van der Waals surface area contributed by atoms with Crippen molar-refractivity contribution < 1.29 is 8.42 Å². The molecule has 0 atom stereocenters. The molecule has 0 saturated heterocycles. The fourth-order valence-electron chi connectivity index (χ4n) is 0.525. The third-order valence-electron chi connectivity index (χ3n) is 1.53. The van der Waals surface area contributed by atoms with E-state index in [0.29, 0.717) is 0 Å². The second-order valence-corrected chi connectivity index (χ2v) is 4.83. The topological polar surface area (TPSA) is 37.4 Å². The van der Waals surface area contributed by atoms with Crippen LogP contribution in [0, 0.1) is 0 Å². The summed E-state index contributed by atoms with van der Waals surface area (Å²) in [6.45, 7) is 5.36. The molecule has 0 aliphatic carbocycles. The van der Waals surface area contributed by atoms with Crippen LogP contribution in [0.15, 0.2) is 0 Å². The van der Waals surface area contributed by atoms with Crippen LogP contribution in [0.2, 0.25) is 0 Å². The summed E-state index contributed by atoms with van der Waals surface area (Å²) in [7, 11) is -1.36. The molecule has 0 aliphatic heterocycles. The smallest absolute Gasteiger partial charge is 0.212 e. The molecule has 0 unspecified atom stereocenters. The SMILES string of the molecule is CCS(=O)(=O)N(C)C(C)C. The summed E-state index contributed by atoms with van der Waals surface area (Å²) >= 11 is 0. The van der Waals surface area contributed by atoms with Crippen LogP contribution in [0.25, 0.3) is 0 Å². The average molecular weight is 165 g/mol. The fourth-order valence-corrected chi connectivity index (χ4v) is 1.57. The van der Waals surface area contributed by atoms with Gasteiger partial charge >= 0.3 is 0 Å². The number of hydrogen-bond acceptors (Lipinski definition) is 2. The molecule has 0 N–H and O–H groups in total. The minimum atomic E-state index is -2.96. The predicted molar refractivity (Wildman–Crippen MR) is 42.4 cm³/mol. The molecular weight excluding hydrogens is 150 g/mol. The van der Waals surface area contributed by atoms with Gasteiger partial charge in [0.1, 0.15) is 0 Å². The van der Waals surface area contributed by atoms with E-state index in [1.165, 1.54) is 4.31 Å². The van der Waals surface area contributed by atoms with E-state index in [-0.39, 0.29) is 11.8 Å². The highest BCUT2D eigenvalue weighted by Gasteiger charge is 2.16. The normalized spacial score (nSPS) is 13.0. The van der Waals surface area contributed by atoms with Crippen molar-refractivity contribution in [2.24, 2.45) is 0 Å². The molecule has 0 heterocycles. The van der Waals surface area contributed by atoms with E-state index >= 15 is 0 Å². The van der Waals surface area contributed by atoms with Crippen LogP contribution in [-0.2, 0) is 10.0 Å². The van der Waals surface area contributed by atoms with Crippen molar-refractivity contribution in [3.8, 4) is 0 Å². The highest BCUT2D eigenvalue weighted by Crippen LogP contribution is 2.02. The second kappa shape index (κ2) is 3.34. The summed E-state index contributed by atoms with van der Waals surface area (Å²) in [5.41, 5.74) is 0. The summed E-state index contributed by atoms with van der Waals surface area (Å²) < 4.78 is 23.5. The molecular formula is C6H15NO2S. The van der Waals surface area contributed by atoms with Gasteiger partial charge in [-0.05, 0) is 20.8 Å². The van der Waals surface area contributed by atoms with Crippen LogP contribution < -0.4 is 0 Å². The Balaban J connectivity index is 4.35. The zero-order valence-corrected chi connectivity index (χ0v) is 7.77. The van der Waals surface area contributed by atoms with Crippen molar-refractivity contribution in [3.05, 3.63) is 0 Å². The lowest BCUT2D eigenvalue weighted by molar-refractivity contribution is 0.411. The number of rotatable bonds is 3. The van der Waals surface area contributed by atoms with E-state index in [9.17, 15) is 8.42 Å². The maximum Gasteiger partial charge on any atom is 0.213 e. The van der Waals surface area contributed by atoms with Gasteiger partial charge in [-0.2, -0.15) is 0 Å². The van der Waals surface area contributed by atoms with Gasteiger partial charge in [0.2, 0.25) is 10.0 Å². The Kier molecular flexibility index (Phi) is 3.31. The van der Waals surface area contributed by atoms with Gasteiger partial charge in [0.25, 0.3) is 0 Å². The lowest BCUT2D eigenvalue weighted by atomic mass is 10.4. The Morgan fingerprint density at radius 1 is 1.40 bits per heavy atom. The summed E-state index contributed by atoms with van der Waals surface area (Å²) in [4.78, 5) is 0. The molecule has 3 nitrogen and oxygen atoms in total. The van der Waals surface area contributed by atoms with Crippen LogP contribution in [0.1, 0.15) is 20.8 Å². The maximum atomic E-state index is 11.1. The van der Waals surface area contributed by atoms with Crippen molar-refractivity contribution in [1.29, 1.82) is 0 Å². The molecule has 0 amide bonds. The summed E-state index contributed by atoms with van der Waals surface area (Å²) in [5, 5.41) is 0. The van der Waals surface area contributed by atoms with E-state index in [2.05, 4.69) is 0 Å². The van der Waals surface area contributed by atoms with Crippen molar-refractivity contribution in [1.82, 2.24) is 4.31 Å². The Bertz CT molecular complexity index is 184. The second-order valence-electron chi connectivity index (χ2n) is 2.51. The van der Waals surface area contributed by atoms with Gasteiger partial charge in [0.05, 0.1) is 5.75 Å². The lowest BCUT2D eigenvalue weighted by Gasteiger charge is -2.19. The third-order valence-corrected chi connectivity index (χ3v) is 3.56. The number of sulfonamides is 1. The zero-order valence-electron chi connectivity index (χ0n) is 6.96. The molecule has 0 rings (SSSR count). The lowest BCUT2D eigenvalue weighted by Crippen LogP contribution is -2.34. The Labute approximate surface area is 63.1 Å². The largest absolute Gasteiger partial charge is 0.213 e. The molecule has 0 aliphatic rings. The van der Waals surface area contributed by atoms with E-state index in [1.807, 2.05) is 13.8 Å². The molecule has 10 heavy (non-hydrogen) atoms. The van der Waals surface area contributed by atoms with Gasteiger partial charge in [-0.25, -0.2) is 12.7 Å². The molecule has 0 spiro atoms. The van der Waals surface area contributed by atoms with Crippen LogP contribution in [-0.4, -0.2) is 31.6 Å². The van der Waals surface area contributed by atoms with Crippen LogP contribution in [0.3, 0.4) is 0 Å². The van der Waals surface area contributed by atoms with E-state index < -0.39 is 10.0 Å². The standard InChI is InChI=1S/C6H15NO2S/c1-5-10(8,9)7(4)6(2)3/h6H,5H2,1-4H3. The van der Waals surface area contributed by atoms with Gasteiger partial charge < -0.3 is 0 Å². The monoisotopic (exact) mass is 165 g/mol. The molecule has 62 valence electrons. The predicted octanol–water partition coefficient (Wildman–Crippen LogP) is 0.676. The van der Waals surface area contributed by atoms with Gasteiger partial charge in [-0.3, -0.25) is 0 Å². The Morgan fingerprint density at radius 3 is 1.90 bits per heavy atom. The first-order valence-electron chi connectivity index (χ1n) is 3.37. The average Bonchev–Trinajstić information content (AvgIpc) is 1.86. The van der Waals surface area contributed by atoms with Gasteiger partial charge in [-0.1, -0.05) is 0 Å². The van der Waals surface area contributed by atoms with E-state index in [1.54, 1.807) is 14.0 Å². The summed E-state index contributed by atoms with van der Waals surface area (Å²) in [5.74, 6) is 0.182. The molecule has 0 aromatic carbocycles. The summed E-state index contributed by atoms with van der Waals surface area (Å²) in [6, 6.07) is 0.0601. The van der Waals surface area contributed by atoms with Crippen molar-refractivity contribution in [2.75, 3.05) is 12.8 Å². The van der Waals surface area contributed by atoms with Crippen molar-refractivity contribution in [3.63, 3.8) is 0 Å². The molecule has 0 bridgehead atoms. The minimum Gasteiger partial charge on any atom is -0.212 e. The Morgan fingerprint density at radius 2 is 1.80 bits per heavy atom. The molecule has 0 radical (unpaired) electrons. The quantitative estimate of drug-likeness (QED) is 0.616. The highest BCUT2D eigenvalue weighted by atomic mass is 32.2. The molecule has 0 aromatic rings. The van der Waals surface area contributed by atoms with Crippen LogP contribution in [0.5, 0.6) is 0 Å². The zero-order chi connectivity index (χ0) is 8.36. The van der Waals surface area contributed by atoms with Crippen LogP contribution >= 0.6 is 0 Å². The van der Waals surface area contributed by atoms with Gasteiger partial charge in [0, 0.05) is 13.1 Å². The maximum absolute atomic E-state index is 11.1. The first-order valence-corrected chi connectivity index (χ1v) is 4.98. The first-order chi connectivity index (χ1) is 4.41. The van der Waals surface area contributed by atoms with Crippen LogP contribution in [0.4, 0.5) is 0 Å². The van der Waals surface area contributed by atoms with Gasteiger partial charge in [0.15, 0.2) is 0 Å². The minimum absolute atomic E-state index is 0.0601. The molecule has 0 aromatic heterocycles. The summed E-state index contributed by atoms with van der Waals surface area (Å²) in [6.07, 6.45) is 0. The van der Waals surface area contributed by atoms with Crippen molar-refractivity contribution in [2.45, 2.75) is 26.8 Å². The van der Waals surface area contributed by atoms with Gasteiger partial charge in [-0.15, -0.1) is 0 Å². The molecule has 0 fully saturated rings. The van der Waals surface area contributed by atoms with E-state index in [0.717, 1.165) is 0 Å². The highest BCUT2D eigenvalue weighted by molar-refractivity contribution is 7.89. The number of hydrogen-bond donors (Lipinski definition) is 0. The first kappa shape index (κ1) is 9.91. The number of nitrogens with zero attached hydrogens (tertiary/aromatic N) is 1. The Hall–Kier alpha value is -0.0900. The third kappa shape index (κ3) is 2.27. The molecule has 0 saturated carbocycles. The fraction of sp³-hybridized carbons (Fsp3) is 1.00. The van der Waals surface area contributed by atoms with E-state index in [4.69, 9.17) is 0 Å². The van der Waals surface area contributed by atoms with Crippen molar-refractivity contribution >= 4 is 10.0 Å². The molecule has 4 heteroatoms.